The standard InChI is InChI=1S/C25H34N4O2/c1-16(2)18-4-6-19(7-5-18)28-11-9-20(10-12-28)29-23-8-3-17(15-26)13-21(23)22(25(29)31)14-24(27)30/h3,8,13,16,18-20,22H,4-7,9-12,14H2,1-2H3,(H2,27,30). The molecule has 1 saturated heterocycles. The lowest BCUT2D eigenvalue weighted by atomic mass is 9.79. The molecule has 2 N–H and O–H groups in total. The van der Waals surface area contributed by atoms with Crippen LogP contribution in [0.5, 0.6) is 0 Å². The Labute approximate surface area is 185 Å². The van der Waals surface area contributed by atoms with E-state index in [2.05, 4.69) is 24.8 Å². The lowest BCUT2D eigenvalue weighted by Crippen LogP contribution is -2.50. The number of anilines is 1. The molecule has 6 heteroatoms. The van der Waals surface area contributed by atoms with Gasteiger partial charge >= 0.3 is 0 Å². The number of likely N-dealkylation sites (tertiary alicyclic amines) is 1. The van der Waals surface area contributed by atoms with E-state index in [-0.39, 0.29) is 18.4 Å². The highest BCUT2D eigenvalue weighted by molar-refractivity contribution is 6.07. The van der Waals surface area contributed by atoms with Crippen LogP contribution in [-0.4, -0.2) is 41.9 Å². The number of benzene rings is 1. The van der Waals surface area contributed by atoms with Crippen molar-refractivity contribution in [1.29, 1.82) is 5.26 Å². The van der Waals surface area contributed by atoms with E-state index in [0.717, 1.165) is 49.0 Å². The summed E-state index contributed by atoms with van der Waals surface area (Å²) in [5.41, 5.74) is 7.57. The van der Waals surface area contributed by atoms with Crippen LogP contribution in [0, 0.1) is 23.2 Å². The summed E-state index contributed by atoms with van der Waals surface area (Å²) < 4.78 is 0. The van der Waals surface area contributed by atoms with Crippen molar-refractivity contribution in [2.45, 2.75) is 76.8 Å². The minimum absolute atomic E-state index is 0.00481. The van der Waals surface area contributed by atoms with E-state index in [4.69, 9.17) is 5.73 Å². The molecule has 0 aromatic heterocycles. The zero-order valence-corrected chi connectivity index (χ0v) is 18.7. The van der Waals surface area contributed by atoms with Gasteiger partial charge in [0.25, 0.3) is 0 Å². The molecule has 2 fully saturated rings. The van der Waals surface area contributed by atoms with Crippen molar-refractivity contribution in [3.8, 4) is 6.07 Å². The molecule has 0 bridgehead atoms. The third-order valence-corrected chi connectivity index (χ3v) is 7.80. The molecule has 3 aliphatic rings. The number of carbonyl (C=O) groups is 2. The Morgan fingerprint density at radius 3 is 2.39 bits per heavy atom. The van der Waals surface area contributed by atoms with Crippen LogP contribution in [0.25, 0.3) is 0 Å². The summed E-state index contributed by atoms with van der Waals surface area (Å²) in [6.45, 7) is 6.70. The molecule has 1 aliphatic carbocycles. The zero-order valence-electron chi connectivity index (χ0n) is 18.7. The molecule has 6 nitrogen and oxygen atoms in total. The number of amides is 2. The Morgan fingerprint density at radius 1 is 1.13 bits per heavy atom. The fraction of sp³-hybridized carbons (Fsp3) is 0.640. The quantitative estimate of drug-likeness (QED) is 0.786. The minimum Gasteiger partial charge on any atom is -0.370 e. The topological polar surface area (TPSA) is 90.4 Å². The second-order valence-electron chi connectivity index (χ2n) is 9.90. The van der Waals surface area contributed by atoms with Gasteiger partial charge in [0.1, 0.15) is 0 Å². The Kier molecular flexibility index (Phi) is 6.34. The highest BCUT2D eigenvalue weighted by Crippen LogP contribution is 2.43. The molecule has 4 rings (SSSR count). The minimum atomic E-state index is -0.565. The molecular formula is C25H34N4O2. The van der Waals surface area contributed by atoms with Gasteiger partial charge in [-0.3, -0.25) is 9.59 Å². The molecule has 0 radical (unpaired) electrons. The van der Waals surface area contributed by atoms with Gasteiger partial charge in [-0.05, 0) is 74.1 Å². The smallest absolute Gasteiger partial charge is 0.235 e. The maximum absolute atomic E-state index is 13.3. The van der Waals surface area contributed by atoms with Crippen LogP contribution in [-0.2, 0) is 9.59 Å². The molecule has 0 spiro atoms. The number of hydrogen-bond donors (Lipinski definition) is 1. The maximum Gasteiger partial charge on any atom is 0.235 e. The molecule has 2 aliphatic heterocycles. The van der Waals surface area contributed by atoms with Gasteiger partial charge in [0.2, 0.25) is 11.8 Å². The summed E-state index contributed by atoms with van der Waals surface area (Å²) in [4.78, 5) is 29.4. The SMILES string of the molecule is CC(C)C1CCC(N2CCC(N3C(=O)C(CC(N)=O)c4cc(C#N)ccc43)CC2)CC1. The largest absolute Gasteiger partial charge is 0.370 e. The summed E-state index contributed by atoms with van der Waals surface area (Å²) in [5.74, 6) is 0.557. The number of carbonyl (C=O) groups excluding carboxylic acids is 2. The predicted octanol–water partition coefficient (Wildman–Crippen LogP) is 3.54. The van der Waals surface area contributed by atoms with Gasteiger partial charge in [-0.1, -0.05) is 13.8 Å². The van der Waals surface area contributed by atoms with Gasteiger partial charge in [-0.2, -0.15) is 5.26 Å². The van der Waals surface area contributed by atoms with Gasteiger partial charge in [-0.15, -0.1) is 0 Å². The van der Waals surface area contributed by atoms with Crippen molar-refractivity contribution in [2.24, 2.45) is 17.6 Å². The average Bonchev–Trinajstić information content (AvgIpc) is 3.04. The zero-order chi connectivity index (χ0) is 22.1. The first-order valence-corrected chi connectivity index (χ1v) is 11.8. The number of hydrogen-bond acceptors (Lipinski definition) is 4. The summed E-state index contributed by atoms with van der Waals surface area (Å²) >= 11 is 0. The first-order chi connectivity index (χ1) is 14.9. The fourth-order valence-corrected chi connectivity index (χ4v) is 5.96. The van der Waals surface area contributed by atoms with E-state index >= 15 is 0 Å². The molecule has 1 atom stereocenters. The first-order valence-electron chi connectivity index (χ1n) is 11.8. The van der Waals surface area contributed by atoms with Crippen molar-refractivity contribution < 1.29 is 9.59 Å². The Hall–Kier alpha value is -2.39. The molecule has 31 heavy (non-hydrogen) atoms. The van der Waals surface area contributed by atoms with Crippen molar-refractivity contribution >= 4 is 17.5 Å². The van der Waals surface area contributed by atoms with E-state index in [1.165, 1.54) is 25.7 Å². The fourth-order valence-electron chi connectivity index (χ4n) is 5.96. The van der Waals surface area contributed by atoms with Crippen molar-refractivity contribution in [3.05, 3.63) is 29.3 Å². The summed E-state index contributed by atoms with van der Waals surface area (Å²) in [6.07, 6.45) is 7.12. The normalized spacial score (nSPS) is 27.4. The van der Waals surface area contributed by atoms with Gasteiger partial charge < -0.3 is 15.5 Å². The van der Waals surface area contributed by atoms with Gasteiger partial charge in [0.15, 0.2) is 0 Å². The van der Waals surface area contributed by atoms with Gasteiger partial charge in [-0.25, -0.2) is 0 Å². The van der Waals surface area contributed by atoms with Gasteiger partial charge in [0, 0.05) is 37.3 Å². The average molecular weight is 423 g/mol. The molecule has 1 unspecified atom stereocenters. The molecular weight excluding hydrogens is 388 g/mol. The van der Waals surface area contributed by atoms with Crippen LogP contribution in [0.15, 0.2) is 18.2 Å². The van der Waals surface area contributed by atoms with E-state index < -0.39 is 11.8 Å². The number of fused-ring (bicyclic) bond motifs is 1. The highest BCUT2D eigenvalue weighted by Gasteiger charge is 2.42. The first kappa shape index (κ1) is 21.8. The van der Waals surface area contributed by atoms with Crippen LogP contribution in [0.4, 0.5) is 5.69 Å². The number of rotatable bonds is 5. The van der Waals surface area contributed by atoms with Crippen LogP contribution in [0.3, 0.4) is 0 Å². The van der Waals surface area contributed by atoms with E-state index in [1.807, 2.05) is 11.0 Å². The number of nitrogens with two attached hydrogens (primary N) is 1. The molecule has 166 valence electrons. The third kappa shape index (κ3) is 4.34. The van der Waals surface area contributed by atoms with Crippen molar-refractivity contribution in [1.82, 2.24) is 4.90 Å². The number of nitriles is 1. The number of piperidine rings is 1. The highest BCUT2D eigenvalue weighted by atomic mass is 16.2. The van der Waals surface area contributed by atoms with E-state index in [0.29, 0.717) is 11.6 Å². The van der Waals surface area contributed by atoms with Crippen LogP contribution < -0.4 is 10.6 Å². The third-order valence-electron chi connectivity index (χ3n) is 7.80. The van der Waals surface area contributed by atoms with Gasteiger partial charge in [0.05, 0.1) is 17.6 Å². The maximum atomic E-state index is 13.3. The number of nitrogens with zero attached hydrogens (tertiary/aromatic N) is 3. The Balaban J connectivity index is 1.44. The second-order valence-corrected chi connectivity index (χ2v) is 9.90. The summed E-state index contributed by atoms with van der Waals surface area (Å²) in [7, 11) is 0. The van der Waals surface area contributed by atoms with Crippen LogP contribution >= 0.6 is 0 Å². The summed E-state index contributed by atoms with van der Waals surface area (Å²) in [5, 5.41) is 9.27. The lowest BCUT2D eigenvalue weighted by Gasteiger charge is -2.43. The van der Waals surface area contributed by atoms with E-state index in [9.17, 15) is 14.9 Å². The number of primary amides is 1. The Morgan fingerprint density at radius 2 is 1.81 bits per heavy atom. The monoisotopic (exact) mass is 422 g/mol. The van der Waals surface area contributed by atoms with E-state index in [1.54, 1.807) is 12.1 Å². The molecule has 1 aromatic rings. The molecule has 2 heterocycles. The van der Waals surface area contributed by atoms with Crippen molar-refractivity contribution in [2.75, 3.05) is 18.0 Å². The predicted molar refractivity (Wildman–Crippen MR) is 120 cm³/mol. The molecule has 1 aromatic carbocycles. The lowest BCUT2D eigenvalue weighted by molar-refractivity contribution is -0.124. The van der Waals surface area contributed by atoms with Crippen LogP contribution in [0.2, 0.25) is 0 Å². The molecule has 1 saturated carbocycles. The second kappa shape index (κ2) is 9.00. The Bertz CT molecular complexity index is 874. The summed E-state index contributed by atoms with van der Waals surface area (Å²) in [6, 6.07) is 8.34. The molecule has 2 amide bonds. The van der Waals surface area contributed by atoms with Crippen LogP contribution in [0.1, 0.15) is 75.8 Å². The van der Waals surface area contributed by atoms with Crippen molar-refractivity contribution in [3.63, 3.8) is 0 Å².